The molecule has 1 rings (SSSR count). The molecule has 0 aromatic heterocycles. The van der Waals surface area contributed by atoms with Crippen LogP contribution in [0.3, 0.4) is 0 Å². The number of carbonyl (C=O) groups excluding carboxylic acids is 2. The maximum atomic E-state index is 11.7. The minimum atomic E-state index is -3.40. The van der Waals surface area contributed by atoms with E-state index in [1.807, 2.05) is 11.9 Å². The Hall–Kier alpha value is -1.19. The molecule has 0 aliphatic carbocycles. The van der Waals surface area contributed by atoms with Crippen LogP contribution in [0.4, 0.5) is 0 Å². The minimum absolute atomic E-state index is 0.134. The summed E-state index contributed by atoms with van der Waals surface area (Å²) in [7, 11) is 0.00574. The predicted molar refractivity (Wildman–Crippen MR) is 69.8 cm³/mol. The lowest BCUT2D eigenvalue weighted by atomic mass is 10.0. The molecule has 2 amide bonds. The van der Waals surface area contributed by atoms with E-state index in [1.54, 1.807) is 7.05 Å². The highest BCUT2D eigenvalue weighted by atomic mass is 32.2. The summed E-state index contributed by atoms with van der Waals surface area (Å²) in [6.07, 6.45) is 0.983. The molecule has 0 bridgehead atoms. The molecule has 2 atom stereocenters. The number of nitrogens with zero attached hydrogens (tertiary/aromatic N) is 1. The highest BCUT2D eigenvalue weighted by Gasteiger charge is 2.36. The Bertz CT molecular complexity index is 450. The summed E-state index contributed by atoms with van der Waals surface area (Å²) >= 11 is 0. The predicted octanol–water partition coefficient (Wildman–Crippen LogP) is -2.67. The van der Waals surface area contributed by atoms with Crippen molar-refractivity contribution in [3.63, 3.8) is 0 Å². The SMILES string of the molecule is CNC(=O)[C@@H]1CN(C)C[C@@H]1NC(=O)CNS(C)(=O)=O. The van der Waals surface area contributed by atoms with Gasteiger partial charge in [-0.15, -0.1) is 0 Å². The van der Waals surface area contributed by atoms with Crippen molar-refractivity contribution in [2.45, 2.75) is 6.04 Å². The molecule has 1 aliphatic rings. The van der Waals surface area contributed by atoms with Crippen LogP contribution >= 0.6 is 0 Å². The molecule has 9 heteroatoms. The monoisotopic (exact) mass is 292 g/mol. The number of likely N-dealkylation sites (N-methyl/N-ethyl adjacent to an activating group) is 1. The molecule has 1 saturated heterocycles. The Labute approximate surface area is 113 Å². The van der Waals surface area contributed by atoms with E-state index in [0.717, 1.165) is 6.26 Å². The number of carbonyl (C=O) groups is 2. The van der Waals surface area contributed by atoms with Gasteiger partial charge in [-0.1, -0.05) is 0 Å². The fourth-order valence-electron chi connectivity index (χ4n) is 2.05. The van der Waals surface area contributed by atoms with E-state index in [1.165, 1.54) is 0 Å². The summed E-state index contributed by atoms with van der Waals surface area (Å²) in [6.45, 7) is 0.798. The average Bonchev–Trinajstić information content (AvgIpc) is 2.65. The number of sulfonamides is 1. The third kappa shape index (κ3) is 5.13. The lowest BCUT2D eigenvalue weighted by molar-refractivity contribution is -0.125. The van der Waals surface area contributed by atoms with Gasteiger partial charge >= 0.3 is 0 Å². The quantitative estimate of drug-likeness (QED) is 0.512. The van der Waals surface area contributed by atoms with Gasteiger partial charge in [0.1, 0.15) is 0 Å². The van der Waals surface area contributed by atoms with Crippen LogP contribution in [0.5, 0.6) is 0 Å². The first kappa shape index (κ1) is 15.9. The summed E-state index contributed by atoms with van der Waals surface area (Å²) in [4.78, 5) is 25.2. The topological polar surface area (TPSA) is 108 Å². The number of hydrogen-bond acceptors (Lipinski definition) is 5. The van der Waals surface area contributed by atoms with Gasteiger partial charge in [-0.05, 0) is 7.05 Å². The number of nitrogens with one attached hydrogen (secondary N) is 3. The van der Waals surface area contributed by atoms with Crippen LogP contribution in [0.15, 0.2) is 0 Å². The van der Waals surface area contributed by atoms with E-state index in [0.29, 0.717) is 13.1 Å². The molecule has 1 aliphatic heterocycles. The first-order chi connectivity index (χ1) is 8.73. The molecule has 110 valence electrons. The highest BCUT2D eigenvalue weighted by Crippen LogP contribution is 2.15. The van der Waals surface area contributed by atoms with Crippen molar-refractivity contribution < 1.29 is 18.0 Å². The summed E-state index contributed by atoms with van der Waals surface area (Å²) in [5.74, 6) is -0.900. The fraction of sp³-hybridized carbons (Fsp3) is 0.800. The van der Waals surface area contributed by atoms with Crippen molar-refractivity contribution in [3.8, 4) is 0 Å². The number of hydrogen-bond donors (Lipinski definition) is 3. The second kappa shape index (κ2) is 6.31. The number of rotatable bonds is 5. The molecule has 19 heavy (non-hydrogen) atoms. The lowest BCUT2D eigenvalue weighted by Gasteiger charge is -2.18. The molecular formula is C10H20N4O4S. The van der Waals surface area contributed by atoms with Crippen LogP contribution in [0.25, 0.3) is 0 Å². The van der Waals surface area contributed by atoms with Crippen LogP contribution < -0.4 is 15.4 Å². The Kier molecular flexibility index (Phi) is 5.27. The number of amides is 2. The molecule has 1 fully saturated rings. The zero-order valence-corrected chi connectivity index (χ0v) is 12.1. The van der Waals surface area contributed by atoms with Gasteiger partial charge in [0.15, 0.2) is 0 Å². The Morgan fingerprint density at radius 1 is 1.32 bits per heavy atom. The first-order valence-corrected chi connectivity index (χ1v) is 7.76. The van der Waals surface area contributed by atoms with Crippen LogP contribution in [0.2, 0.25) is 0 Å². The second-order valence-corrected chi connectivity index (χ2v) is 6.54. The zero-order chi connectivity index (χ0) is 14.6. The van der Waals surface area contributed by atoms with Crippen LogP contribution in [-0.4, -0.2) is 71.2 Å². The molecule has 0 aromatic carbocycles. The van der Waals surface area contributed by atoms with Gasteiger partial charge in [0, 0.05) is 20.1 Å². The molecule has 0 unspecified atom stereocenters. The van der Waals surface area contributed by atoms with Crippen molar-refractivity contribution in [2.24, 2.45) is 5.92 Å². The molecule has 0 radical (unpaired) electrons. The van der Waals surface area contributed by atoms with Gasteiger partial charge in [0.05, 0.1) is 24.8 Å². The Morgan fingerprint density at radius 2 is 1.95 bits per heavy atom. The van der Waals surface area contributed by atoms with Crippen molar-refractivity contribution in [1.82, 2.24) is 20.3 Å². The van der Waals surface area contributed by atoms with Gasteiger partial charge < -0.3 is 15.5 Å². The van der Waals surface area contributed by atoms with Crippen molar-refractivity contribution >= 4 is 21.8 Å². The van der Waals surface area contributed by atoms with E-state index < -0.39 is 15.9 Å². The van der Waals surface area contributed by atoms with Crippen LogP contribution in [0, 0.1) is 5.92 Å². The summed E-state index contributed by atoms with van der Waals surface area (Å²) in [6, 6.07) is -0.307. The van der Waals surface area contributed by atoms with E-state index in [2.05, 4.69) is 15.4 Å². The third-order valence-corrected chi connectivity index (χ3v) is 3.60. The average molecular weight is 292 g/mol. The number of likely N-dealkylation sites (tertiary alicyclic amines) is 1. The van der Waals surface area contributed by atoms with E-state index in [9.17, 15) is 18.0 Å². The van der Waals surface area contributed by atoms with E-state index in [4.69, 9.17) is 0 Å². The fourth-order valence-corrected chi connectivity index (χ4v) is 2.45. The molecule has 1 heterocycles. The lowest BCUT2D eigenvalue weighted by Crippen LogP contribution is -2.48. The van der Waals surface area contributed by atoms with Gasteiger partial charge in [-0.3, -0.25) is 9.59 Å². The smallest absolute Gasteiger partial charge is 0.235 e. The molecule has 8 nitrogen and oxygen atoms in total. The van der Waals surface area contributed by atoms with E-state index in [-0.39, 0.29) is 24.4 Å². The van der Waals surface area contributed by atoms with Gasteiger partial charge in [-0.2, -0.15) is 0 Å². The largest absolute Gasteiger partial charge is 0.359 e. The zero-order valence-electron chi connectivity index (χ0n) is 11.3. The molecule has 0 aromatic rings. The normalized spacial score (nSPS) is 24.2. The molecule has 0 spiro atoms. The first-order valence-electron chi connectivity index (χ1n) is 5.87. The molecule has 0 saturated carbocycles. The second-order valence-electron chi connectivity index (χ2n) is 4.71. The van der Waals surface area contributed by atoms with Crippen LogP contribution in [0.1, 0.15) is 0 Å². The van der Waals surface area contributed by atoms with Crippen molar-refractivity contribution in [1.29, 1.82) is 0 Å². The van der Waals surface area contributed by atoms with Crippen molar-refractivity contribution in [3.05, 3.63) is 0 Å². The Morgan fingerprint density at radius 3 is 2.47 bits per heavy atom. The minimum Gasteiger partial charge on any atom is -0.359 e. The highest BCUT2D eigenvalue weighted by molar-refractivity contribution is 7.88. The van der Waals surface area contributed by atoms with E-state index >= 15 is 0 Å². The maximum Gasteiger partial charge on any atom is 0.235 e. The summed E-state index contributed by atoms with van der Waals surface area (Å²) in [5, 5.41) is 5.24. The molecular weight excluding hydrogens is 272 g/mol. The van der Waals surface area contributed by atoms with Gasteiger partial charge in [0.2, 0.25) is 21.8 Å². The third-order valence-electron chi connectivity index (χ3n) is 2.93. The molecule has 3 N–H and O–H groups in total. The Balaban J connectivity index is 2.54. The standard InChI is InChI=1S/C10H20N4O4S/c1-11-10(16)7-5-14(2)6-8(7)13-9(15)4-12-19(3,17)18/h7-8,12H,4-6H2,1-3H3,(H,11,16)(H,13,15)/t7-,8+/m1/s1. The summed E-state index contributed by atoms with van der Waals surface area (Å²) < 4.78 is 23.9. The summed E-state index contributed by atoms with van der Waals surface area (Å²) in [5.41, 5.74) is 0. The van der Waals surface area contributed by atoms with Crippen molar-refractivity contribution in [2.75, 3.05) is 40.0 Å². The van der Waals surface area contributed by atoms with Gasteiger partial charge in [0.25, 0.3) is 0 Å². The van der Waals surface area contributed by atoms with Gasteiger partial charge in [-0.25, -0.2) is 13.1 Å². The maximum absolute atomic E-state index is 11.7. The van der Waals surface area contributed by atoms with Crippen LogP contribution in [-0.2, 0) is 19.6 Å².